The first-order valence-corrected chi connectivity index (χ1v) is 5.92. The molecule has 0 unspecified atom stereocenters. The van der Waals surface area contributed by atoms with Crippen LogP contribution in [0.25, 0.3) is 0 Å². The highest BCUT2D eigenvalue weighted by Crippen LogP contribution is 2.14. The summed E-state index contributed by atoms with van der Waals surface area (Å²) in [7, 11) is 2.25. The van der Waals surface area contributed by atoms with Crippen LogP contribution in [0.5, 0.6) is 0 Å². The fourth-order valence-electron chi connectivity index (χ4n) is 2.21. The molecule has 0 atom stereocenters. The molecule has 0 bridgehead atoms. The van der Waals surface area contributed by atoms with Gasteiger partial charge in [-0.1, -0.05) is 5.92 Å². The van der Waals surface area contributed by atoms with Crippen molar-refractivity contribution in [2.24, 2.45) is 0 Å². The maximum Gasteiger partial charge on any atom is 0.249 e. The summed E-state index contributed by atoms with van der Waals surface area (Å²) in [5, 5.41) is 1.37. The van der Waals surface area contributed by atoms with Crippen molar-refractivity contribution < 1.29 is 14.1 Å². The summed E-state index contributed by atoms with van der Waals surface area (Å²) >= 11 is 0. The van der Waals surface area contributed by atoms with E-state index in [1.165, 1.54) is 31.0 Å². The summed E-state index contributed by atoms with van der Waals surface area (Å²) in [5.41, 5.74) is 0. The smallest absolute Gasteiger partial charge is 0.249 e. The number of amides is 1. The van der Waals surface area contributed by atoms with Gasteiger partial charge in [0.15, 0.2) is 0 Å². The minimum atomic E-state index is 0.0517. The first-order valence-electron chi connectivity index (χ1n) is 5.92. The van der Waals surface area contributed by atoms with Gasteiger partial charge in [-0.15, -0.1) is 0 Å². The second-order valence-electron chi connectivity index (χ2n) is 4.80. The third kappa shape index (κ3) is 2.75. The van der Waals surface area contributed by atoms with E-state index in [0.717, 1.165) is 11.0 Å². The maximum atomic E-state index is 11.2. The predicted octanol–water partition coefficient (Wildman–Crippen LogP) is 0.394. The van der Waals surface area contributed by atoms with E-state index in [4.69, 9.17) is 4.84 Å². The van der Waals surface area contributed by atoms with Gasteiger partial charge in [0.05, 0.1) is 33.2 Å². The van der Waals surface area contributed by atoms with E-state index in [0.29, 0.717) is 19.6 Å². The molecule has 2 aliphatic rings. The van der Waals surface area contributed by atoms with Crippen molar-refractivity contribution in [3.8, 4) is 11.8 Å². The number of hydrogen-bond donors (Lipinski definition) is 0. The van der Waals surface area contributed by atoms with Crippen molar-refractivity contribution in [3.05, 3.63) is 0 Å². The Morgan fingerprint density at radius 2 is 2.12 bits per heavy atom. The molecule has 88 valence electrons. The van der Waals surface area contributed by atoms with Gasteiger partial charge in [0.2, 0.25) is 5.91 Å². The largest absolute Gasteiger partial charge is 0.316 e. The van der Waals surface area contributed by atoms with Gasteiger partial charge < -0.3 is 4.48 Å². The summed E-state index contributed by atoms with van der Waals surface area (Å²) in [6.45, 7) is 4.27. The van der Waals surface area contributed by atoms with Gasteiger partial charge in [-0.05, 0) is 5.92 Å². The molecule has 0 spiro atoms. The SMILES string of the molecule is C[N+]1(CC#CCN2OCCC2=O)CCCC1. The van der Waals surface area contributed by atoms with Crippen LogP contribution in [-0.2, 0) is 9.63 Å². The quantitative estimate of drug-likeness (QED) is 0.501. The number of carbonyl (C=O) groups is 1. The fraction of sp³-hybridized carbons (Fsp3) is 0.750. The number of quaternary nitrogens is 1. The van der Waals surface area contributed by atoms with Gasteiger partial charge in [-0.25, -0.2) is 5.06 Å². The molecule has 4 heteroatoms. The molecule has 0 aromatic carbocycles. The van der Waals surface area contributed by atoms with Crippen LogP contribution in [0.2, 0.25) is 0 Å². The molecule has 2 heterocycles. The molecular weight excluding hydrogens is 204 g/mol. The molecule has 1 amide bonds. The highest BCUT2D eigenvalue weighted by atomic mass is 16.7. The zero-order valence-corrected chi connectivity index (χ0v) is 9.87. The normalized spacial score (nSPS) is 23.3. The second-order valence-corrected chi connectivity index (χ2v) is 4.80. The summed E-state index contributed by atoms with van der Waals surface area (Å²) in [6, 6.07) is 0. The third-order valence-corrected chi connectivity index (χ3v) is 3.30. The van der Waals surface area contributed by atoms with Crippen molar-refractivity contribution >= 4 is 5.91 Å². The molecule has 4 nitrogen and oxygen atoms in total. The van der Waals surface area contributed by atoms with E-state index in [1.54, 1.807) is 0 Å². The minimum absolute atomic E-state index is 0.0517. The Balaban J connectivity index is 1.75. The summed E-state index contributed by atoms with van der Waals surface area (Å²) in [6.07, 6.45) is 3.12. The van der Waals surface area contributed by atoms with Crippen LogP contribution >= 0.6 is 0 Å². The minimum Gasteiger partial charge on any atom is -0.316 e. The van der Waals surface area contributed by atoms with E-state index >= 15 is 0 Å². The Morgan fingerprint density at radius 1 is 1.38 bits per heavy atom. The lowest BCUT2D eigenvalue weighted by Gasteiger charge is -2.26. The highest BCUT2D eigenvalue weighted by Gasteiger charge is 2.25. The topological polar surface area (TPSA) is 29.5 Å². The Labute approximate surface area is 96.7 Å². The maximum absolute atomic E-state index is 11.2. The molecule has 0 aromatic heterocycles. The van der Waals surface area contributed by atoms with E-state index in [9.17, 15) is 4.79 Å². The van der Waals surface area contributed by atoms with Crippen molar-refractivity contribution in [2.75, 3.05) is 39.8 Å². The molecule has 0 radical (unpaired) electrons. The van der Waals surface area contributed by atoms with Crippen molar-refractivity contribution in [3.63, 3.8) is 0 Å². The average molecular weight is 223 g/mol. The van der Waals surface area contributed by atoms with Crippen LogP contribution in [0.15, 0.2) is 0 Å². The van der Waals surface area contributed by atoms with Gasteiger partial charge in [0.25, 0.3) is 0 Å². The van der Waals surface area contributed by atoms with Gasteiger partial charge in [0, 0.05) is 12.8 Å². The van der Waals surface area contributed by atoms with Crippen LogP contribution in [0.3, 0.4) is 0 Å². The average Bonchev–Trinajstić information content (AvgIpc) is 2.84. The van der Waals surface area contributed by atoms with Crippen LogP contribution in [-0.4, -0.2) is 55.3 Å². The van der Waals surface area contributed by atoms with Crippen LogP contribution in [0.4, 0.5) is 0 Å². The molecule has 0 saturated carbocycles. The van der Waals surface area contributed by atoms with Gasteiger partial charge in [0.1, 0.15) is 13.1 Å². The van der Waals surface area contributed by atoms with Crippen molar-refractivity contribution in [2.45, 2.75) is 19.3 Å². The Hall–Kier alpha value is -1.05. The number of nitrogens with zero attached hydrogens (tertiary/aromatic N) is 2. The number of hydrogen-bond acceptors (Lipinski definition) is 2. The molecule has 2 saturated heterocycles. The van der Waals surface area contributed by atoms with E-state index in [2.05, 4.69) is 18.9 Å². The number of likely N-dealkylation sites (tertiary alicyclic amines) is 1. The molecule has 2 fully saturated rings. The molecule has 0 N–H and O–H groups in total. The first-order chi connectivity index (χ1) is 7.70. The lowest BCUT2D eigenvalue weighted by Crippen LogP contribution is -2.41. The Morgan fingerprint density at radius 3 is 2.75 bits per heavy atom. The number of hydroxylamine groups is 2. The lowest BCUT2D eigenvalue weighted by atomic mass is 10.4. The van der Waals surface area contributed by atoms with Crippen molar-refractivity contribution in [1.82, 2.24) is 5.06 Å². The van der Waals surface area contributed by atoms with Crippen LogP contribution in [0, 0.1) is 11.8 Å². The summed E-state index contributed by atoms with van der Waals surface area (Å²) < 4.78 is 1.06. The number of rotatable bonds is 2. The standard InChI is InChI=1S/C12H19N2O2/c1-14(9-4-5-10-14)8-3-2-7-13-12(15)6-11-16-13/h4-11H2,1H3/q+1. The summed E-state index contributed by atoms with van der Waals surface area (Å²) in [4.78, 5) is 16.4. The van der Waals surface area contributed by atoms with Gasteiger partial charge in [-0.3, -0.25) is 9.63 Å². The predicted molar refractivity (Wildman–Crippen MR) is 60.1 cm³/mol. The van der Waals surface area contributed by atoms with Crippen molar-refractivity contribution in [1.29, 1.82) is 0 Å². The summed E-state index contributed by atoms with van der Waals surface area (Å²) in [5.74, 6) is 6.24. The molecule has 0 aliphatic carbocycles. The fourth-order valence-corrected chi connectivity index (χ4v) is 2.21. The van der Waals surface area contributed by atoms with Crippen LogP contribution in [0.1, 0.15) is 19.3 Å². The lowest BCUT2D eigenvalue weighted by molar-refractivity contribution is -0.890. The van der Waals surface area contributed by atoms with E-state index in [1.807, 2.05) is 0 Å². The zero-order valence-electron chi connectivity index (χ0n) is 9.87. The number of carbonyl (C=O) groups excluding carboxylic acids is 1. The van der Waals surface area contributed by atoms with E-state index in [-0.39, 0.29) is 5.91 Å². The Kier molecular flexibility index (Phi) is 3.47. The van der Waals surface area contributed by atoms with Crippen LogP contribution < -0.4 is 0 Å². The molecule has 2 aliphatic heterocycles. The molecule has 16 heavy (non-hydrogen) atoms. The molecule has 0 aromatic rings. The first kappa shape index (κ1) is 11.4. The second kappa shape index (κ2) is 4.86. The molecular formula is C12H19N2O2+. The van der Waals surface area contributed by atoms with E-state index < -0.39 is 0 Å². The molecule has 2 rings (SSSR count). The highest BCUT2D eigenvalue weighted by molar-refractivity contribution is 5.76. The monoisotopic (exact) mass is 223 g/mol. The Bertz CT molecular complexity index is 324. The van der Waals surface area contributed by atoms with Gasteiger partial charge in [-0.2, -0.15) is 0 Å². The zero-order chi connectivity index (χ0) is 11.4. The van der Waals surface area contributed by atoms with Gasteiger partial charge >= 0.3 is 0 Å². The third-order valence-electron chi connectivity index (χ3n) is 3.30.